The summed E-state index contributed by atoms with van der Waals surface area (Å²) < 4.78 is 33.9. The van der Waals surface area contributed by atoms with Crippen LogP contribution in [0.15, 0.2) is 56.3 Å². The van der Waals surface area contributed by atoms with Crippen molar-refractivity contribution in [3.8, 4) is 5.75 Å². The summed E-state index contributed by atoms with van der Waals surface area (Å²) in [5.74, 6) is -1.34. The van der Waals surface area contributed by atoms with Gasteiger partial charge in [-0.3, -0.25) is 9.59 Å². The van der Waals surface area contributed by atoms with E-state index in [1.54, 1.807) is 19.1 Å². The summed E-state index contributed by atoms with van der Waals surface area (Å²) in [5, 5.41) is 58.4. The topological polar surface area (TPSA) is 240 Å². The van der Waals surface area contributed by atoms with Crippen molar-refractivity contribution in [2.45, 2.75) is 75.1 Å². The maximum absolute atomic E-state index is 12.7. The third-order valence-electron chi connectivity index (χ3n) is 7.61. The summed E-state index contributed by atoms with van der Waals surface area (Å²) in [6, 6.07) is 6.05. The Balaban J connectivity index is 1.41. The summed E-state index contributed by atoms with van der Waals surface area (Å²) in [5.41, 5.74) is 0.335. The molecule has 4 heterocycles. The van der Waals surface area contributed by atoms with E-state index >= 15 is 0 Å². The van der Waals surface area contributed by atoms with Crippen molar-refractivity contribution in [3.63, 3.8) is 0 Å². The smallest absolute Gasteiger partial charge is 0.336 e. The maximum atomic E-state index is 12.7. The molecule has 1 aromatic carbocycles. The van der Waals surface area contributed by atoms with Gasteiger partial charge in [0.1, 0.15) is 60.0 Å². The van der Waals surface area contributed by atoms with Crippen molar-refractivity contribution in [1.29, 1.82) is 0 Å². The van der Waals surface area contributed by atoms with Gasteiger partial charge in [-0.25, -0.2) is 4.79 Å². The molecule has 7 N–H and O–H groups in total. The Morgan fingerprint density at radius 2 is 1.62 bits per heavy atom. The van der Waals surface area contributed by atoms with Gasteiger partial charge >= 0.3 is 5.63 Å². The van der Waals surface area contributed by atoms with Crippen LogP contribution < -0.4 is 21.0 Å². The quantitative estimate of drug-likeness (QED) is 0.130. The van der Waals surface area contributed by atoms with Crippen molar-refractivity contribution in [3.05, 3.63) is 64.4 Å². The van der Waals surface area contributed by atoms with Crippen LogP contribution >= 0.6 is 0 Å². The van der Waals surface area contributed by atoms with Crippen LogP contribution in [0.5, 0.6) is 5.75 Å². The van der Waals surface area contributed by atoms with E-state index in [9.17, 15) is 39.9 Å². The predicted octanol–water partition coefficient (Wildman–Crippen LogP) is -1.72. The lowest BCUT2D eigenvalue weighted by Crippen LogP contribution is -2.69. The molecule has 0 aliphatic carbocycles. The molecule has 16 heteroatoms. The number of rotatable bonds is 9. The molecule has 0 spiro atoms. The molecule has 0 radical (unpaired) electrons. The minimum Gasteiger partial charge on any atom is -0.462 e. The number of aryl methyl sites for hydroxylation is 1. The van der Waals surface area contributed by atoms with E-state index in [4.69, 9.17) is 27.8 Å². The molecular weight excluding hydrogens is 600 g/mol. The molecule has 2 fully saturated rings. The van der Waals surface area contributed by atoms with Gasteiger partial charge in [-0.15, -0.1) is 0 Å². The second-order valence-corrected chi connectivity index (χ2v) is 10.8. The van der Waals surface area contributed by atoms with Crippen molar-refractivity contribution in [1.82, 2.24) is 10.6 Å². The average molecular weight is 635 g/mol. The molecule has 45 heavy (non-hydrogen) atoms. The standard InChI is InChI=1S/C29H34N2O14/c1-12-8-20(35)42-17-9-14(5-6-15(12)17)41-28-22(30-13(2)34)25(38)26(19(11-33)44-28)45-29-21(24(37)23(36)18(10-32)43-29)31-27(39)16-4-3-7-40-16/h3-9,18-19,21-26,28-29,32-33,36-38H,10-11H2,1-2H3,(H,30,34)(H,31,39)/t18?,19?,21?,22?,23-,24+,25+,26+,28+,29-/m0/s1. The van der Waals surface area contributed by atoms with Gasteiger partial charge in [0.2, 0.25) is 12.2 Å². The van der Waals surface area contributed by atoms with Crippen molar-refractivity contribution < 1.29 is 62.9 Å². The number of hydrogen-bond donors (Lipinski definition) is 7. The highest BCUT2D eigenvalue weighted by Crippen LogP contribution is 2.31. The zero-order valence-electron chi connectivity index (χ0n) is 24.1. The van der Waals surface area contributed by atoms with E-state index in [0.717, 1.165) is 0 Å². The Bertz CT molecular complexity index is 1540. The monoisotopic (exact) mass is 634 g/mol. The Kier molecular flexibility index (Phi) is 9.85. The minimum atomic E-state index is -1.71. The van der Waals surface area contributed by atoms with E-state index in [1.807, 2.05) is 0 Å². The highest BCUT2D eigenvalue weighted by atomic mass is 16.7. The number of carbonyl (C=O) groups excluding carboxylic acids is 2. The Morgan fingerprint density at radius 1 is 0.911 bits per heavy atom. The number of fused-ring (bicyclic) bond motifs is 1. The molecule has 0 bridgehead atoms. The Labute approximate surface area is 255 Å². The van der Waals surface area contributed by atoms with Gasteiger partial charge in [-0.05, 0) is 36.8 Å². The number of hydrogen-bond acceptors (Lipinski definition) is 14. The number of aliphatic hydroxyl groups excluding tert-OH is 5. The maximum Gasteiger partial charge on any atom is 0.336 e. The molecule has 2 aromatic heterocycles. The highest BCUT2D eigenvalue weighted by Gasteiger charge is 2.52. The van der Waals surface area contributed by atoms with Crippen LogP contribution in [0.2, 0.25) is 0 Å². The van der Waals surface area contributed by atoms with Gasteiger partial charge in [0.15, 0.2) is 12.1 Å². The molecular formula is C29H34N2O14. The van der Waals surface area contributed by atoms with Crippen molar-refractivity contribution in [2.75, 3.05) is 13.2 Å². The molecule has 0 saturated carbocycles. The van der Waals surface area contributed by atoms with Gasteiger partial charge in [0, 0.05) is 24.4 Å². The highest BCUT2D eigenvalue weighted by molar-refractivity contribution is 5.91. The van der Waals surface area contributed by atoms with Crippen LogP contribution in [0.3, 0.4) is 0 Å². The molecule has 2 aliphatic heterocycles. The average Bonchev–Trinajstić information content (AvgIpc) is 3.54. The summed E-state index contributed by atoms with van der Waals surface area (Å²) in [6.07, 6.45) is -10.9. The van der Waals surface area contributed by atoms with Crippen LogP contribution in [0.25, 0.3) is 11.0 Å². The largest absolute Gasteiger partial charge is 0.462 e. The molecule has 244 valence electrons. The Morgan fingerprint density at radius 3 is 2.29 bits per heavy atom. The van der Waals surface area contributed by atoms with Crippen LogP contribution in [-0.4, -0.2) is 112 Å². The van der Waals surface area contributed by atoms with Crippen LogP contribution in [0, 0.1) is 6.92 Å². The van der Waals surface area contributed by atoms with Gasteiger partial charge in [0.25, 0.3) is 5.91 Å². The summed E-state index contributed by atoms with van der Waals surface area (Å²) >= 11 is 0. The lowest BCUT2D eigenvalue weighted by molar-refractivity contribution is -0.324. The molecule has 4 unspecified atom stereocenters. The first-order valence-electron chi connectivity index (χ1n) is 14.1. The number of amides is 2. The third kappa shape index (κ3) is 6.87. The summed E-state index contributed by atoms with van der Waals surface area (Å²) in [7, 11) is 0. The van der Waals surface area contributed by atoms with Crippen LogP contribution in [0.1, 0.15) is 23.0 Å². The number of nitrogens with one attached hydrogen (secondary N) is 2. The first kappa shape index (κ1) is 32.5. The zero-order valence-corrected chi connectivity index (χ0v) is 24.1. The zero-order chi connectivity index (χ0) is 32.4. The van der Waals surface area contributed by atoms with E-state index in [1.165, 1.54) is 37.5 Å². The molecule has 2 aliphatic rings. The second-order valence-electron chi connectivity index (χ2n) is 10.8. The minimum absolute atomic E-state index is 0.122. The van der Waals surface area contributed by atoms with Gasteiger partial charge in [-0.2, -0.15) is 0 Å². The lowest BCUT2D eigenvalue weighted by atomic mass is 9.94. The molecule has 5 rings (SSSR count). The van der Waals surface area contributed by atoms with Crippen LogP contribution in [-0.2, 0) is 19.0 Å². The number of carbonyl (C=O) groups is 2. The summed E-state index contributed by atoms with van der Waals surface area (Å²) in [4.78, 5) is 36.8. The molecule has 2 saturated heterocycles. The van der Waals surface area contributed by atoms with Gasteiger partial charge in [0.05, 0.1) is 19.5 Å². The van der Waals surface area contributed by atoms with Gasteiger partial charge < -0.3 is 63.9 Å². The number of furan rings is 1. The lowest BCUT2D eigenvalue weighted by Gasteiger charge is -2.48. The fourth-order valence-electron chi connectivity index (χ4n) is 5.37. The fraction of sp³-hybridized carbons (Fsp3) is 0.483. The van der Waals surface area contributed by atoms with E-state index in [0.29, 0.717) is 10.9 Å². The fourth-order valence-corrected chi connectivity index (χ4v) is 5.37. The van der Waals surface area contributed by atoms with Crippen molar-refractivity contribution >= 4 is 22.8 Å². The molecule has 10 atom stereocenters. The van der Waals surface area contributed by atoms with E-state index in [-0.39, 0.29) is 17.1 Å². The first-order chi connectivity index (χ1) is 21.5. The van der Waals surface area contributed by atoms with E-state index < -0.39 is 91.9 Å². The number of aliphatic hydroxyl groups is 5. The normalized spacial score (nSPS) is 31.8. The van der Waals surface area contributed by atoms with Crippen LogP contribution in [0.4, 0.5) is 0 Å². The molecule has 3 aromatic rings. The number of benzene rings is 1. The SMILES string of the molecule is CC(=O)NC1[C@H](Oc2ccc3c(C)cc(=O)oc3c2)OC(CO)[C@@H](O[C@@H]2OC(CO)[C@H](O)[C@H](O)C2NC(=O)c2ccco2)[C@@H]1O. The van der Waals surface area contributed by atoms with Gasteiger partial charge in [-0.1, -0.05) is 0 Å². The Hall–Kier alpha value is -3.87. The molecule has 2 amide bonds. The van der Waals surface area contributed by atoms with E-state index in [2.05, 4.69) is 10.6 Å². The second kappa shape index (κ2) is 13.6. The first-order valence-corrected chi connectivity index (χ1v) is 14.1. The van der Waals surface area contributed by atoms with Crippen molar-refractivity contribution in [2.24, 2.45) is 0 Å². The third-order valence-corrected chi connectivity index (χ3v) is 7.61. The number of ether oxygens (including phenoxy) is 4. The predicted molar refractivity (Wildman–Crippen MR) is 150 cm³/mol. The molecule has 16 nitrogen and oxygen atoms in total. The summed E-state index contributed by atoms with van der Waals surface area (Å²) in [6.45, 7) is 1.47.